The van der Waals surface area contributed by atoms with Gasteiger partial charge < -0.3 is 10.6 Å². The normalized spacial score (nSPS) is 10.7. The third-order valence-electron chi connectivity index (χ3n) is 4.45. The summed E-state index contributed by atoms with van der Waals surface area (Å²) in [5, 5.41) is 16.3. The SMILES string of the molecule is O=C(CSc1nnc(CNc2ccc(Cl)cc2)n1-c1ccccc1)Nc1cccc(Br)c1. The monoisotopic (exact) mass is 527 g/mol. The van der Waals surface area contributed by atoms with Crippen LogP contribution in [-0.4, -0.2) is 26.4 Å². The zero-order chi connectivity index (χ0) is 22.3. The van der Waals surface area contributed by atoms with Crippen LogP contribution in [0.2, 0.25) is 5.02 Å². The topological polar surface area (TPSA) is 71.8 Å². The second kappa shape index (κ2) is 10.7. The number of benzene rings is 3. The molecule has 6 nitrogen and oxygen atoms in total. The Balaban J connectivity index is 1.48. The number of amides is 1. The molecule has 0 spiro atoms. The molecule has 0 fully saturated rings. The summed E-state index contributed by atoms with van der Waals surface area (Å²) in [4.78, 5) is 12.5. The molecule has 162 valence electrons. The minimum absolute atomic E-state index is 0.114. The minimum atomic E-state index is -0.114. The number of carbonyl (C=O) groups excluding carboxylic acids is 1. The molecule has 9 heteroatoms. The quantitative estimate of drug-likeness (QED) is 0.273. The highest BCUT2D eigenvalue weighted by Crippen LogP contribution is 2.24. The number of rotatable bonds is 8. The van der Waals surface area contributed by atoms with Gasteiger partial charge in [0.05, 0.1) is 12.3 Å². The van der Waals surface area contributed by atoms with E-state index >= 15 is 0 Å². The van der Waals surface area contributed by atoms with Crippen LogP contribution in [0, 0.1) is 0 Å². The van der Waals surface area contributed by atoms with Gasteiger partial charge in [-0.1, -0.05) is 63.6 Å². The van der Waals surface area contributed by atoms with Gasteiger partial charge >= 0.3 is 0 Å². The van der Waals surface area contributed by atoms with E-state index in [1.54, 1.807) is 0 Å². The van der Waals surface area contributed by atoms with E-state index in [4.69, 9.17) is 11.6 Å². The van der Waals surface area contributed by atoms with Crippen molar-refractivity contribution in [1.29, 1.82) is 0 Å². The predicted octanol–water partition coefficient (Wildman–Crippen LogP) is 6.03. The van der Waals surface area contributed by atoms with Crippen LogP contribution in [-0.2, 0) is 11.3 Å². The van der Waals surface area contributed by atoms with Crippen LogP contribution >= 0.6 is 39.3 Å². The fourth-order valence-corrected chi connectivity index (χ4v) is 4.28. The highest BCUT2D eigenvalue weighted by molar-refractivity contribution is 9.10. The Morgan fingerprint density at radius 3 is 2.50 bits per heavy atom. The molecule has 4 aromatic rings. The standard InChI is InChI=1S/C23H19BrClN5OS/c24-16-5-4-6-19(13-16)27-22(31)15-32-23-29-28-21(30(23)20-7-2-1-3-8-20)14-26-18-11-9-17(25)10-12-18/h1-13,26H,14-15H2,(H,27,31). The van der Waals surface area contributed by atoms with Crippen LogP contribution in [0.3, 0.4) is 0 Å². The molecule has 2 N–H and O–H groups in total. The molecule has 1 heterocycles. The van der Waals surface area contributed by atoms with E-state index in [1.807, 2.05) is 83.4 Å². The molecule has 0 atom stereocenters. The smallest absolute Gasteiger partial charge is 0.234 e. The lowest BCUT2D eigenvalue weighted by molar-refractivity contribution is -0.113. The van der Waals surface area contributed by atoms with Crippen molar-refractivity contribution in [3.05, 3.63) is 94.2 Å². The number of nitrogens with zero attached hydrogens (tertiary/aromatic N) is 3. The Labute approximate surface area is 203 Å². The number of hydrogen-bond acceptors (Lipinski definition) is 5. The lowest BCUT2D eigenvalue weighted by Crippen LogP contribution is -2.15. The molecular weight excluding hydrogens is 510 g/mol. The maximum absolute atomic E-state index is 12.5. The van der Waals surface area contributed by atoms with Gasteiger partial charge in [0.1, 0.15) is 0 Å². The molecule has 0 aliphatic heterocycles. The van der Waals surface area contributed by atoms with E-state index < -0.39 is 0 Å². The van der Waals surface area contributed by atoms with Crippen molar-refractivity contribution in [3.8, 4) is 5.69 Å². The summed E-state index contributed by atoms with van der Waals surface area (Å²) in [6.45, 7) is 0.467. The number of aromatic nitrogens is 3. The van der Waals surface area contributed by atoms with Crippen molar-refractivity contribution in [2.45, 2.75) is 11.7 Å². The summed E-state index contributed by atoms with van der Waals surface area (Å²) in [6, 6.07) is 24.8. The van der Waals surface area contributed by atoms with Crippen LogP contribution in [0.5, 0.6) is 0 Å². The Kier molecular flexibility index (Phi) is 7.47. The zero-order valence-electron chi connectivity index (χ0n) is 16.8. The molecule has 0 bridgehead atoms. The molecule has 0 unspecified atom stereocenters. The molecular formula is C23H19BrClN5OS. The van der Waals surface area contributed by atoms with Crippen molar-refractivity contribution < 1.29 is 4.79 Å². The molecule has 0 radical (unpaired) electrons. The molecule has 0 aliphatic rings. The maximum atomic E-state index is 12.5. The van der Waals surface area contributed by atoms with Crippen molar-refractivity contribution >= 4 is 56.6 Å². The van der Waals surface area contributed by atoms with Crippen molar-refractivity contribution in [1.82, 2.24) is 14.8 Å². The molecule has 1 aromatic heterocycles. The summed E-state index contributed by atoms with van der Waals surface area (Å²) in [7, 11) is 0. The first-order valence-electron chi connectivity index (χ1n) is 9.76. The van der Waals surface area contributed by atoms with Crippen LogP contribution in [0.1, 0.15) is 5.82 Å². The lowest BCUT2D eigenvalue weighted by atomic mass is 10.3. The van der Waals surface area contributed by atoms with E-state index in [-0.39, 0.29) is 11.7 Å². The second-order valence-corrected chi connectivity index (χ2v) is 9.07. The molecule has 0 saturated carbocycles. The largest absolute Gasteiger partial charge is 0.378 e. The molecule has 1 amide bonds. The van der Waals surface area contributed by atoms with Gasteiger partial charge in [-0.25, -0.2) is 0 Å². The van der Waals surface area contributed by atoms with Gasteiger partial charge in [-0.15, -0.1) is 10.2 Å². The summed E-state index contributed by atoms with van der Waals surface area (Å²) < 4.78 is 2.87. The van der Waals surface area contributed by atoms with Crippen molar-refractivity contribution in [2.24, 2.45) is 0 Å². The number of halogens is 2. The van der Waals surface area contributed by atoms with Crippen molar-refractivity contribution in [2.75, 3.05) is 16.4 Å². The van der Waals surface area contributed by atoms with Gasteiger partial charge in [0.15, 0.2) is 11.0 Å². The van der Waals surface area contributed by atoms with Gasteiger partial charge in [-0.05, 0) is 54.6 Å². The number of nitrogens with one attached hydrogen (secondary N) is 2. The number of para-hydroxylation sites is 1. The first kappa shape index (κ1) is 22.4. The fraction of sp³-hybridized carbons (Fsp3) is 0.0870. The van der Waals surface area contributed by atoms with E-state index in [9.17, 15) is 4.79 Å². The average Bonchev–Trinajstić information content (AvgIpc) is 3.21. The number of carbonyl (C=O) groups is 1. The number of hydrogen-bond donors (Lipinski definition) is 2. The average molecular weight is 529 g/mol. The fourth-order valence-electron chi connectivity index (χ4n) is 2.99. The summed E-state index contributed by atoms with van der Waals surface area (Å²) in [5.41, 5.74) is 2.60. The third kappa shape index (κ3) is 5.91. The highest BCUT2D eigenvalue weighted by Gasteiger charge is 2.16. The summed E-state index contributed by atoms with van der Waals surface area (Å²) in [6.07, 6.45) is 0. The molecule has 32 heavy (non-hydrogen) atoms. The van der Waals surface area contributed by atoms with Gasteiger partial charge in [-0.3, -0.25) is 9.36 Å². The van der Waals surface area contributed by atoms with E-state index in [2.05, 4.69) is 36.8 Å². The lowest BCUT2D eigenvalue weighted by Gasteiger charge is -2.11. The van der Waals surface area contributed by atoms with Crippen LogP contribution < -0.4 is 10.6 Å². The van der Waals surface area contributed by atoms with Crippen LogP contribution in [0.25, 0.3) is 5.69 Å². The van der Waals surface area contributed by atoms with Crippen molar-refractivity contribution in [3.63, 3.8) is 0 Å². The minimum Gasteiger partial charge on any atom is -0.378 e. The first-order chi connectivity index (χ1) is 15.6. The van der Waals surface area contributed by atoms with Gasteiger partial charge in [-0.2, -0.15) is 0 Å². The van der Waals surface area contributed by atoms with E-state index in [0.717, 1.165) is 27.4 Å². The molecule has 0 saturated heterocycles. The second-order valence-electron chi connectivity index (χ2n) is 6.78. The number of thioether (sulfide) groups is 1. The molecule has 4 rings (SSSR count). The maximum Gasteiger partial charge on any atom is 0.234 e. The number of anilines is 2. The van der Waals surface area contributed by atoms with Crippen LogP contribution in [0.15, 0.2) is 88.5 Å². The summed E-state index contributed by atoms with van der Waals surface area (Å²) >= 11 is 10.7. The van der Waals surface area contributed by atoms with Gasteiger partial charge in [0, 0.05) is 26.6 Å². The Hall–Kier alpha value is -2.81. The highest BCUT2D eigenvalue weighted by atomic mass is 79.9. The zero-order valence-corrected chi connectivity index (χ0v) is 20.0. The van der Waals surface area contributed by atoms with Gasteiger partial charge in [0.25, 0.3) is 0 Å². The Bertz CT molecular complexity index is 1200. The first-order valence-corrected chi connectivity index (χ1v) is 11.9. The summed E-state index contributed by atoms with van der Waals surface area (Å²) in [5.74, 6) is 0.833. The molecule has 0 aliphatic carbocycles. The van der Waals surface area contributed by atoms with Crippen LogP contribution in [0.4, 0.5) is 11.4 Å². The van der Waals surface area contributed by atoms with E-state index in [0.29, 0.717) is 16.7 Å². The van der Waals surface area contributed by atoms with Gasteiger partial charge in [0.2, 0.25) is 5.91 Å². The Morgan fingerprint density at radius 1 is 0.969 bits per heavy atom. The third-order valence-corrected chi connectivity index (χ3v) is 6.12. The molecule has 3 aromatic carbocycles. The van der Waals surface area contributed by atoms with E-state index in [1.165, 1.54) is 11.8 Å². The predicted molar refractivity (Wildman–Crippen MR) is 134 cm³/mol. The Morgan fingerprint density at radius 2 is 1.75 bits per heavy atom.